The molecule has 138 valence electrons. The predicted octanol–water partition coefficient (Wildman–Crippen LogP) is 4.02. The zero-order valence-electron chi connectivity index (χ0n) is 15.1. The van der Waals surface area contributed by atoms with E-state index in [9.17, 15) is 9.59 Å². The van der Waals surface area contributed by atoms with E-state index in [4.69, 9.17) is 0 Å². The van der Waals surface area contributed by atoms with Gasteiger partial charge < -0.3 is 15.6 Å². The van der Waals surface area contributed by atoms with Crippen molar-refractivity contribution < 1.29 is 9.59 Å². The van der Waals surface area contributed by atoms with Gasteiger partial charge in [0.2, 0.25) is 5.91 Å². The third-order valence-electron chi connectivity index (χ3n) is 4.88. The van der Waals surface area contributed by atoms with Gasteiger partial charge >= 0.3 is 0 Å². The van der Waals surface area contributed by atoms with Crippen molar-refractivity contribution in [2.75, 3.05) is 5.32 Å². The van der Waals surface area contributed by atoms with Crippen molar-refractivity contribution in [3.63, 3.8) is 0 Å². The molecular weight excluding hydrogens is 338 g/mol. The monoisotopic (exact) mass is 361 g/mol. The highest BCUT2D eigenvalue weighted by molar-refractivity contribution is 6.03. The SMILES string of the molecule is O=C(CCCc1c[nH]c2ccccc12)Nc1ccccc1C(=O)NC1CC1. The first-order valence-corrected chi connectivity index (χ1v) is 9.45. The molecule has 3 N–H and O–H groups in total. The van der Waals surface area contributed by atoms with Crippen molar-refractivity contribution >= 4 is 28.4 Å². The van der Waals surface area contributed by atoms with Gasteiger partial charge in [0.15, 0.2) is 0 Å². The molecule has 0 bridgehead atoms. The molecule has 3 aromatic rings. The van der Waals surface area contributed by atoms with Crippen LogP contribution in [-0.2, 0) is 11.2 Å². The first-order valence-electron chi connectivity index (χ1n) is 9.45. The van der Waals surface area contributed by atoms with E-state index in [2.05, 4.69) is 27.8 Å². The Morgan fingerprint density at radius 2 is 1.81 bits per heavy atom. The fourth-order valence-corrected chi connectivity index (χ4v) is 3.27. The van der Waals surface area contributed by atoms with Crippen LogP contribution in [0.4, 0.5) is 5.69 Å². The molecule has 1 saturated carbocycles. The van der Waals surface area contributed by atoms with Crippen LogP contribution in [0.3, 0.4) is 0 Å². The fraction of sp³-hybridized carbons (Fsp3) is 0.273. The number of carbonyl (C=O) groups is 2. The van der Waals surface area contributed by atoms with E-state index in [-0.39, 0.29) is 17.9 Å². The molecule has 1 aliphatic carbocycles. The number of carbonyl (C=O) groups excluding carboxylic acids is 2. The summed E-state index contributed by atoms with van der Waals surface area (Å²) in [6.45, 7) is 0. The Morgan fingerprint density at radius 1 is 1.04 bits per heavy atom. The van der Waals surface area contributed by atoms with Crippen molar-refractivity contribution in [2.45, 2.75) is 38.1 Å². The van der Waals surface area contributed by atoms with Gasteiger partial charge in [-0.25, -0.2) is 0 Å². The number of rotatable bonds is 7. The van der Waals surface area contributed by atoms with Crippen molar-refractivity contribution in [1.29, 1.82) is 0 Å². The number of H-pyrrole nitrogens is 1. The van der Waals surface area contributed by atoms with E-state index in [0.717, 1.165) is 31.2 Å². The maximum absolute atomic E-state index is 12.4. The Bertz CT molecular complexity index is 972. The highest BCUT2D eigenvalue weighted by Gasteiger charge is 2.24. The van der Waals surface area contributed by atoms with Gasteiger partial charge in [-0.15, -0.1) is 0 Å². The molecule has 27 heavy (non-hydrogen) atoms. The quantitative estimate of drug-likeness (QED) is 0.594. The Hall–Kier alpha value is -3.08. The number of hydrogen-bond donors (Lipinski definition) is 3. The molecule has 1 heterocycles. The average Bonchev–Trinajstić information content (AvgIpc) is 3.40. The number of aromatic amines is 1. The van der Waals surface area contributed by atoms with Gasteiger partial charge in [0.25, 0.3) is 5.91 Å². The van der Waals surface area contributed by atoms with Crippen LogP contribution < -0.4 is 10.6 Å². The summed E-state index contributed by atoms with van der Waals surface area (Å²) in [6, 6.07) is 15.6. The van der Waals surface area contributed by atoms with Crippen molar-refractivity contribution in [2.24, 2.45) is 0 Å². The van der Waals surface area contributed by atoms with Gasteiger partial charge in [-0.2, -0.15) is 0 Å². The van der Waals surface area contributed by atoms with E-state index >= 15 is 0 Å². The topological polar surface area (TPSA) is 74.0 Å². The molecule has 1 aliphatic rings. The minimum absolute atomic E-state index is 0.0680. The molecule has 1 fully saturated rings. The minimum Gasteiger partial charge on any atom is -0.361 e. The Kier molecular flexibility index (Phi) is 4.92. The molecule has 5 heteroatoms. The third-order valence-corrected chi connectivity index (χ3v) is 4.88. The van der Waals surface area contributed by atoms with Crippen LogP contribution in [0.25, 0.3) is 10.9 Å². The highest BCUT2D eigenvalue weighted by Crippen LogP contribution is 2.22. The Balaban J connectivity index is 1.33. The van der Waals surface area contributed by atoms with E-state index in [1.165, 1.54) is 10.9 Å². The summed E-state index contributed by atoms with van der Waals surface area (Å²) < 4.78 is 0. The van der Waals surface area contributed by atoms with Gasteiger partial charge in [0.05, 0.1) is 11.3 Å². The van der Waals surface area contributed by atoms with Crippen LogP contribution in [0.1, 0.15) is 41.6 Å². The summed E-state index contributed by atoms with van der Waals surface area (Å²) in [5, 5.41) is 7.07. The first kappa shape index (κ1) is 17.3. The van der Waals surface area contributed by atoms with Crippen LogP contribution in [0.15, 0.2) is 54.7 Å². The molecule has 0 atom stereocenters. The molecule has 0 unspecified atom stereocenters. The van der Waals surface area contributed by atoms with Crippen LogP contribution in [0.2, 0.25) is 0 Å². The average molecular weight is 361 g/mol. The maximum Gasteiger partial charge on any atom is 0.253 e. The van der Waals surface area contributed by atoms with Gasteiger partial charge in [-0.3, -0.25) is 9.59 Å². The number of para-hydroxylation sites is 2. The standard InChI is InChI=1S/C22H23N3O2/c26-21(11-5-6-15-14-23-19-9-3-1-7-17(15)19)25-20-10-4-2-8-18(20)22(27)24-16-12-13-16/h1-4,7-10,14,16,23H,5-6,11-13H2,(H,24,27)(H,25,26). The summed E-state index contributed by atoms with van der Waals surface area (Å²) >= 11 is 0. The number of fused-ring (bicyclic) bond motifs is 1. The molecule has 5 nitrogen and oxygen atoms in total. The molecular formula is C22H23N3O2. The second-order valence-electron chi connectivity index (χ2n) is 7.05. The molecule has 2 aromatic carbocycles. The van der Waals surface area contributed by atoms with Crippen molar-refractivity contribution in [3.05, 3.63) is 65.9 Å². The van der Waals surface area contributed by atoms with Crippen molar-refractivity contribution in [3.8, 4) is 0 Å². The lowest BCUT2D eigenvalue weighted by atomic mass is 10.1. The van der Waals surface area contributed by atoms with Crippen LogP contribution in [0.5, 0.6) is 0 Å². The van der Waals surface area contributed by atoms with E-state index in [1.54, 1.807) is 12.1 Å². The normalized spacial score (nSPS) is 13.5. The number of hydrogen-bond acceptors (Lipinski definition) is 2. The molecule has 0 radical (unpaired) electrons. The number of aryl methyl sites for hydroxylation is 1. The number of nitrogens with one attached hydrogen (secondary N) is 3. The summed E-state index contributed by atoms with van der Waals surface area (Å²) in [7, 11) is 0. The smallest absolute Gasteiger partial charge is 0.253 e. The summed E-state index contributed by atoms with van der Waals surface area (Å²) in [5.41, 5.74) is 3.44. The lowest BCUT2D eigenvalue weighted by molar-refractivity contribution is -0.116. The van der Waals surface area contributed by atoms with Crippen LogP contribution in [0, 0.1) is 0 Å². The predicted molar refractivity (Wildman–Crippen MR) is 107 cm³/mol. The largest absolute Gasteiger partial charge is 0.361 e. The maximum atomic E-state index is 12.4. The molecule has 1 aromatic heterocycles. The van der Waals surface area contributed by atoms with Gasteiger partial charge in [-0.1, -0.05) is 30.3 Å². The second kappa shape index (κ2) is 7.66. The zero-order chi connectivity index (χ0) is 18.6. The lowest BCUT2D eigenvalue weighted by Gasteiger charge is -2.11. The van der Waals surface area contributed by atoms with Gasteiger partial charge in [0, 0.05) is 29.6 Å². The fourth-order valence-electron chi connectivity index (χ4n) is 3.27. The van der Waals surface area contributed by atoms with E-state index in [1.807, 2.05) is 30.5 Å². The zero-order valence-corrected chi connectivity index (χ0v) is 15.1. The molecule has 0 saturated heterocycles. The summed E-state index contributed by atoms with van der Waals surface area (Å²) in [5.74, 6) is -0.186. The van der Waals surface area contributed by atoms with Crippen LogP contribution >= 0.6 is 0 Å². The third kappa shape index (κ3) is 4.19. The van der Waals surface area contributed by atoms with Crippen LogP contribution in [-0.4, -0.2) is 22.8 Å². The number of amides is 2. The van der Waals surface area contributed by atoms with Gasteiger partial charge in [0.1, 0.15) is 0 Å². The lowest BCUT2D eigenvalue weighted by Crippen LogP contribution is -2.26. The van der Waals surface area contributed by atoms with Crippen molar-refractivity contribution in [1.82, 2.24) is 10.3 Å². The number of benzene rings is 2. The Labute approximate surface area is 158 Å². The summed E-state index contributed by atoms with van der Waals surface area (Å²) in [6.07, 6.45) is 6.09. The van der Waals surface area contributed by atoms with E-state index < -0.39 is 0 Å². The Morgan fingerprint density at radius 3 is 2.67 bits per heavy atom. The second-order valence-corrected chi connectivity index (χ2v) is 7.05. The molecule has 4 rings (SSSR count). The molecule has 0 spiro atoms. The molecule has 2 amide bonds. The number of aromatic nitrogens is 1. The first-order chi connectivity index (χ1) is 13.2. The minimum atomic E-state index is -0.118. The van der Waals surface area contributed by atoms with Gasteiger partial charge in [-0.05, 0) is 49.4 Å². The highest BCUT2D eigenvalue weighted by atomic mass is 16.2. The number of anilines is 1. The molecule has 0 aliphatic heterocycles. The summed E-state index contributed by atoms with van der Waals surface area (Å²) in [4.78, 5) is 28.0. The van der Waals surface area contributed by atoms with E-state index in [0.29, 0.717) is 17.7 Å².